The number of aromatic nitrogens is 1. The monoisotopic (exact) mass is 342 g/mol. The number of benzene rings is 1. The molecule has 9 heteroatoms. The molecule has 7 nitrogen and oxygen atoms in total. The van der Waals surface area contributed by atoms with Gasteiger partial charge in [-0.3, -0.25) is 4.55 Å². The number of rotatable bonds is 7. The number of aryl methyl sites for hydroxylation is 1. The summed E-state index contributed by atoms with van der Waals surface area (Å²) < 4.78 is 32.9. The molecule has 0 saturated heterocycles. The Morgan fingerprint density at radius 1 is 1.27 bits per heavy atom. The molecule has 0 amide bonds. The number of anilines is 1. The number of carbonyl (C=O) groups is 1. The molecule has 0 saturated carbocycles. The third-order valence-electron chi connectivity index (χ3n) is 2.87. The van der Waals surface area contributed by atoms with Crippen LogP contribution in [-0.4, -0.2) is 35.6 Å². The van der Waals surface area contributed by atoms with Crippen LogP contribution in [0.2, 0.25) is 0 Å². The van der Waals surface area contributed by atoms with Crippen molar-refractivity contribution in [1.82, 2.24) is 4.98 Å². The number of hydrogen-bond acceptors (Lipinski definition) is 5. The highest BCUT2D eigenvalue weighted by molar-refractivity contribution is 7.87. The third kappa shape index (κ3) is 4.26. The second-order valence-electron chi connectivity index (χ2n) is 4.46. The largest absolute Gasteiger partial charge is 0.476 e. The van der Waals surface area contributed by atoms with Crippen molar-refractivity contribution < 1.29 is 22.9 Å². The molecule has 0 spiro atoms. The minimum atomic E-state index is -4.50. The molecule has 0 bridgehead atoms. The Bertz CT molecular complexity index is 743. The Kier molecular flexibility index (Phi) is 5.11. The molecule has 0 radical (unpaired) electrons. The van der Waals surface area contributed by atoms with Crippen molar-refractivity contribution in [2.75, 3.05) is 10.8 Å². The highest BCUT2D eigenvalue weighted by Crippen LogP contribution is 2.23. The van der Waals surface area contributed by atoms with Crippen LogP contribution in [-0.2, 0) is 16.7 Å². The molecule has 0 atom stereocenters. The minimum absolute atomic E-state index is 0.0142. The average Bonchev–Trinajstić information content (AvgIpc) is 2.93. The number of hydrogen-bond donors (Lipinski definition) is 2. The first kappa shape index (κ1) is 16.4. The first-order chi connectivity index (χ1) is 10.4. The molecule has 118 valence electrons. The molecular formula is C13H14N2O5S2. The Morgan fingerprint density at radius 3 is 2.50 bits per heavy atom. The first-order valence-electron chi connectivity index (χ1n) is 6.36. The van der Waals surface area contributed by atoms with Crippen molar-refractivity contribution in [3.8, 4) is 0 Å². The van der Waals surface area contributed by atoms with E-state index in [1.54, 1.807) is 0 Å². The fourth-order valence-electron chi connectivity index (χ4n) is 1.86. The van der Waals surface area contributed by atoms with Crippen LogP contribution in [0.1, 0.15) is 22.5 Å². The maximum Gasteiger partial charge on any atom is 0.361 e. The molecule has 2 aromatic rings. The minimum Gasteiger partial charge on any atom is -0.476 e. The molecule has 2 rings (SSSR count). The van der Waals surface area contributed by atoms with E-state index in [-0.39, 0.29) is 17.4 Å². The van der Waals surface area contributed by atoms with Gasteiger partial charge in [0.1, 0.15) is 0 Å². The summed E-state index contributed by atoms with van der Waals surface area (Å²) in [5.41, 5.74) is 0.792. The van der Waals surface area contributed by atoms with E-state index in [1.807, 2.05) is 30.3 Å². The van der Waals surface area contributed by atoms with Crippen molar-refractivity contribution in [2.45, 2.75) is 12.8 Å². The number of aromatic carboxylic acids is 1. The van der Waals surface area contributed by atoms with Gasteiger partial charge in [-0.2, -0.15) is 8.42 Å². The molecule has 0 aliphatic rings. The van der Waals surface area contributed by atoms with Crippen LogP contribution < -0.4 is 4.31 Å². The van der Waals surface area contributed by atoms with Crippen LogP contribution in [0.4, 0.5) is 5.13 Å². The van der Waals surface area contributed by atoms with Crippen molar-refractivity contribution in [2.24, 2.45) is 0 Å². The summed E-state index contributed by atoms with van der Waals surface area (Å²) in [5.74, 6) is -1.25. The lowest BCUT2D eigenvalue weighted by atomic mass is 10.1. The molecule has 1 heterocycles. The first-order valence-corrected chi connectivity index (χ1v) is 8.63. The van der Waals surface area contributed by atoms with E-state index in [9.17, 15) is 17.8 Å². The third-order valence-corrected chi connectivity index (χ3v) is 4.76. The summed E-state index contributed by atoms with van der Waals surface area (Å²) >= 11 is 0.854. The van der Waals surface area contributed by atoms with Crippen LogP contribution in [0, 0.1) is 0 Å². The number of carboxylic acid groups (broad SMARTS) is 1. The zero-order chi connectivity index (χ0) is 16.2. The zero-order valence-electron chi connectivity index (χ0n) is 11.4. The van der Waals surface area contributed by atoms with Gasteiger partial charge in [-0.25, -0.2) is 14.1 Å². The van der Waals surface area contributed by atoms with E-state index in [1.165, 1.54) is 5.38 Å². The molecular weight excluding hydrogens is 328 g/mol. The normalized spacial score (nSPS) is 11.3. The SMILES string of the molecule is O=C(O)c1csc(N(CCCc2ccccc2)S(=O)(=O)O)n1. The molecule has 2 N–H and O–H groups in total. The molecule has 0 unspecified atom stereocenters. The van der Waals surface area contributed by atoms with Gasteiger partial charge < -0.3 is 5.11 Å². The molecule has 0 aliphatic carbocycles. The average molecular weight is 342 g/mol. The van der Waals surface area contributed by atoms with Crippen LogP contribution in [0.25, 0.3) is 0 Å². The highest BCUT2D eigenvalue weighted by atomic mass is 32.2. The maximum absolute atomic E-state index is 11.5. The summed E-state index contributed by atoms with van der Waals surface area (Å²) in [7, 11) is -4.50. The lowest BCUT2D eigenvalue weighted by molar-refractivity contribution is 0.0691. The molecule has 1 aromatic heterocycles. The van der Waals surface area contributed by atoms with Gasteiger partial charge in [0.25, 0.3) is 0 Å². The van der Waals surface area contributed by atoms with Gasteiger partial charge in [-0.1, -0.05) is 30.3 Å². The van der Waals surface area contributed by atoms with Crippen molar-refractivity contribution in [3.63, 3.8) is 0 Å². The van der Waals surface area contributed by atoms with Crippen LogP contribution in [0.3, 0.4) is 0 Å². The van der Waals surface area contributed by atoms with E-state index in [0.29, 0.717) is 17.1 Å². The fourth-order valence-corrected chi connectivity index (χ4v) is 3.60. The van der Waals surface area contributed by atoms with Crippen LogP contribution in [0.15, 0.2) is 35.7 Å². The van der Waals surface area contributed by atoms with E-state index in [4.69, 9.17) is 5.11 Å². The Balaban J connectivity index is 2.08. The predicted molar refractivity (Wildman–Crippen MR) is 82.7 cm³/mol. The standard InChI is InChI=1S/C13H14N2O5S2/c16-12(17)11-9-21-13(14-11)15(22(18,19)20)8-4-7-10-5-2-1-3-6-10/h1-3,5-6,9H,4,7-8H2,(H,16,17)(H,18,19,20). The van der Waals surface area contributed by atoms with Crippen LogP contribution >= 0.6 is 11.3 Å². The van der Waals surface area contributed by atoms with Gasteiger partial charge in [0.05, 0.1) is 0 Å². The van der Waals surface area contributed by atoms with Crippen molar-refractivity contribution in [3.05, 3.63) is 47.0 Å². The lowest BCUT2D eigenvalue weighted by Gasteiger charge is -2.17. The zero-order valence-corrected chi connectivity index (χ0v) is 13.0. The summed E-state index contributed by atoms with van der Waals surface area (Å²) in [5, 5.41) is 9.99. The van der Waals surface area contributed by atoms with Gasteiger partial charge in [0.15, 0.2) is 5.69 Å². The molecule has 0 aliphatic heterocycles. The van der Waals surface area contributed by atoms with E-state index >= 15 is 0 Å². The smallest absolute Gasteiger partial charge is 0.361 e. The number of nitrogens with zero attached hydrogens (tertiary/aromatic N) is 2. The van der Waals surface area contributed by atoms with Crippen molar-refractivity contribution >= 4 is 32.7 Å². The van der Waals surface area contributed by atoms with Crippen LogP contribution in [0.5, 0.6) is 0 Å². The Hall–Kier alpha value is -1.97. The molecule has 0 fully saturated rings. The van der Waals surface area contributed by atoms with Gasteiger partial charge >= 0.3 is 16.3 Å². The number of carboxylic acids is 1. The summed E-state index contributed by atoms with van der Waals surface area (Å²) in [6.07, 6.45) is 1.09. The summed E-state index contributed by atoms with van der Waals surface area (Å²) in [6, 6.07) is 9.50. The van der Waals surface area contributed by atoms with E-state index in [0.717, 1.165) is 16.9 Å². The van der Waals surface area contributed by atoms with Gasteiger partial charge in [-0.05, 0) is 18.4 Å². The van der Waals surface area contributed by atoms with Gasteiger partial charge in [0.2, 0.25) is 5.13 Å². The summed E-state index contributed by atoms with van der Waals surface area (Å²) in [6.45, 7) is 0.0142. The fraction of sp³-hybridized carbons (Fsp3) is 0.231. The predicted octanol–water partition coefficient (Wildman–Crippen LogP) is 2.08. The topological polar surface area (TPSA) is 108 Å². The molecule has 22 heavy (non-hydrogen) atoms. The van der Waals surface area contributed by atoms with Gasteiger partial charge in [0, 0.05) is 11.9 Å². The Morgan fingerprint density at radius 2 is 1.95 bits per heavy atom. The van der Waals surface area contributed by atoms with Gasteiger partial charge in [-0.15, -0.1) is 11.3 Å². The second-order valence-corrected chi connectivity index (χ2v) is 6.63. The Labute approximate surface area is 131 Å². The van der Waals surface area contributed by atoms with E-state index < -0.39 is 16.3 Å². The van der Waals surface area contributed by atoms with Crippen molar-refractivity contribution in [1.29, 1.82) is 0 Å². The lowest BCUT2D eigenvalue weighted by Crippen LogP contribution is -2.31. The second kappa shape index (κ2) is 6.86. The molecule has 1 aromatic carbocycles. The highest BCUT2D eigenvalue weighted by Gasteiger charge is 2.23. The quantitative estimate of drug-likeness (QED) is 0.746. The maximum atomic E-state index is 11.5. The van der Waals surface area contributed by atoms with E-state index in [2.05, 4.69) is 4.98 Å². The summed E-state index contributed by atoms with van der Waals surface area (Å²) in [4.78, 5) is 14.5. The number of thiazole rings is 1.